The van der Waals surface area contributed by atoms with Gasteiger partial charge in [0.1, 0.15) is 0 Å². The summed E-state index contributed by atoms with van der Waals surface area (Å²) in [6.07, 6.45) is 11.8. The second-order valence-corrected chi connectivity index (χ2v) is 8.31. The van der Waals surface area contributed by atoms with Crippen molar-refractivity contribution in [2.24, 2.45) is 5.92 Å². The van der Waals surface area contributed by atoms with Crippen LogP contribution in [0.5, 0.6) is 0 Å². The number of pyridine rings is 1. The van der Waals surface area contributed by atoms with E-state index in [4.69, 9.17) is 0 Å². The van der Waals surface area contributed by atoms with E-state index in [0.717, 1.165) is 50.2 Å². The van der Waals surface area contributed by atoms with Gasteiger partial charge in [-0.2, -0.15) is 5.10 Å². The number of nitrogens with zero attached hydrogens (tertiary/aromatic N) is 6. The van der Waals surface area contributed by atoms with E-state index in [0.29, 0.717) is 18.2 Å². The molecule has 4 heterocycles. The summed E-state index contributed by atoms with van der Waals surface area (Å²) in [5, 5.41) is 8.96. The van der Waals surface area contributed by atoms with Crippen molar-refractivity contribution >= 4 is 5.82 Å². The van der Waals surface area contributed by atoms with Crippen molar-refractivity contribution in [2.45, 2.75) is 45.1 Å². The number of fused-ring (bicyclic) bond motifs is 1. The third-order valence-corrected chi connectivity index (χ3v) is 6.31. The molecule has 0 spiro atoms. The first kappa shape index (κ1) is 18.9. The van der Waals surface area contributed by atoms with Crippen molar-refractivity contribution < 1.29 is 0 Å². The van der Waals surface area contributed by atoms with Crippen molar-refractivity contribution in [3.8, 4) is 11.3 Å². The molecule has 3 aromatic heterocycles. The Morgan fingerprint density at radius 1 is 1.00 bits per heavy atom. The zero-order chi connectivity index (χ0) is 20.3. The maximum atomic E-state index is 12.6. The average Bonchev–Trinajstić information content (AvgIpc) is 2.81. The second-order valence-electron chi connectivity index (χ2n) is 8.31. The van der Waals surface area contributed by atoms with Gasteiger partial charge in [-0.05, 0) is 68.2 Å². The van der Waals surface area contributed by atoms with Crippen LogP contribution in [0.25, 0.3) is 11.3 Å². The smallest absolute Gasteiger partial charge is 0.253 e. The Kier molecular flexibility index (Phi) is 5.26. The van der Waals surface area contributed by atoms with Crippen LogP contribution < -0.4 is 10.5 Å². The minimum Gasteiger partial charge on any atom is -0.355 e. The third kappa shape index (κ3) is 3.97. The number of aryl methyl sites for hydroxylation is 2. The third-order valence-electron chi connectivity index (χ3n) is 6.31. The first-order valence-corrected chi connectivity index (χ1v) is 10.8. The lowest BCUT2D eigenvalue weighted by molar-refractivity contribution is 0.350. The predicted molar refractivity (Wildman–Crippen MR) is 115 cm³/mol. The van der Waals surface area contributed by atoms with Crippen molar-refractivity contribution in [2.75, 3.05) is 18.0 Å². The SMILES string of the molecule is O=c1cc(-c2ccncc2)ncn1CC1CCN(c2cc3c(nn2)CCCC3)CC1. The fourth-order valence-corrected chi connectivity index (χ4v) is 4.50. The monoisotopic (exact) mass is 402 g/mol. The molecule has 0 radical (unpaired) electrons. The van der Waals surface area contributed by atoms with Gasteiger partial charge in [0, 0.05) is 43.7 Å². The molecule has 1 fully saturated rings. The summed E-state index contributed by atoms with van der Waals surface area (Å²) in [7, 11) is 0. The fourth-order valence-electron chi connectivity index (χ4n) is 4.50. The van der Waals surface area contributed by atoms with Gasteiger partial charge in [0.25, 0.3) is 5.56 Å². The molecule has 7 heteroatoms. The highest BCUT2D eigenvalue weighted by molar-refractivity contribution is 5.57. The highest BCUT2D eigenvalue weighted by Gasteiger charge is 2.22. The van der Waals surface area contributed by atoms with Crippen molar-refractivity contribution in [3.05, 3.63) is 64.6 Å². The molecule has 0 atom stereocenters. The van der Waals surface area contributed by atoms with Crippen LogP contribution in [0.15, 0.2) is 47.8 Å². The zero-order valence-corrected chi connectivity index (χ0v) is 17.1. The number of piperidine rings is 1. The van der Waals surface area contributed by atoms with E-state index in [1.807, 2.05) is 12.1 Å². The van der Waals surface area contributed by atoms with Crippen LogP contribution in [0.1, 0.15) is 36.9 Å². The van der Waals surface area contributed by atoms with Crippen LogP contribution in [0.3, 0.4) is 0 Å². The molecule has 1 saturated heterocycles. The fraction of sp³-hybridized carbons (Fsp3) is 0.435. The van der Waals surface area contributed by atoms with Gasteiger partial charge in [-0.3, -0.25) is 14.3 Å². The number of hydrogen-bond donors (Lipinski definition) is 0. The van der Waals surface area contributed by atoms with Gasteiger partial charge in [0.15, 0.2) is 5.82 Å². The summed E-state index contributed by atoms with van der Waals surface area (Å²) < 4.78 is 1.74. The highest BCUT2D eigenvalue weighted by atomic mass is 16.1. The van der Waals surface area contributed by atoms with E-state index in [9.17, 15) is 4.79 Å². The molecular formula is C23H26N6O. The van der Waals surface area contributed by atoms with Gasteiger partial charge < -0.3 is 4.90 Å². The highest BCUT2D eigenvalue weighted by Crippen LogP contribution is 2.26. The van der Waals surface area contributed by atoms with Gasteiger partial charge >= 0.3 is 0 Å². The quantitative estimate of drug-likeness (QED) is 0.668. The normalized spacial score (nSPS) is 17.0. The lowest BCUT2D eigenvalue weighted by atomic mass is 9.95. The first-order chi connectivity index (χ1) is 14.8. The van der Waals surface area contributed by atoms with Crippen molar-refractivity contribution in [1.29, 1.82) is 0 Å². The second kappa shape index (κ2) is 8.34. The molecule has 0 amide bonds. The predicted octanol–water partition coefficient (Wildman–Crippen LogP) is 2.89. The van der Waals surface area contributed by atoms with Gasteiger partial charge in [-0.1, -0.05) is 0 Å². The van der Waals surface area contributed by atoms with Crippen molar-refractivity contribution in [1.82, 2.24) is 24.7 Å². The van der Waals surface area contributed by atoms with Crippen LogP contribution in [0.4, 0.5) is 5.82 Å². The molecule has 154 valence electrons. The maximum absolute atomic E-state index is 12.6. The Morgan fingerprint density at radius 2 is 1.80 bits per heavy atom. The van der Waals surface area contributed by atoms with E-state index >= 15 is 0 Å². The van der Waals surface area contributed by atoms with Crippen molar-refractivity contribution in [3.63, 3.8) is 0 Å². The van der Waals surface area contributed by atoms with Crippen LogP contribution in [-0.4, -0.2) is 37.8 Å². The molecule has 0 bridgehead atoms. The summed E-state index contributed by atoms with van der Waals surface area (Å²) >= 11 is 0. The summed E-state index contributed by atoms with van der Waals surface area (Å²) in [4.78, 5) is 23.4. The largest absolute Gasteiger partial charge is 0.355 e. The van der Waals surface area contributed by atoms with Crippen LogP contribution in [0, 0.1) is 5.92 Å². The number of hydrogen-bond acceptors (Lipinski definition) is 6. The molecule has 30 heavy (non-hydrogen) atoms. The Hall–Kier alpha value is -3.09. The standard InChI is InChI=1S/C23H26N6O/c30-23-14-21(18-5-9-24-10-6-18)25-16-29(23)15-17-7-11-28(12-8-17)22-13-19-3-1-2-4-20(19)26-27-22/h5-6,9-10,13-14,16-17H,1-4,7-8,11-12,15H2. The summed E-state index contributed by atoms with van der Waals surface area (Å²) in [5.74, 6) is 1.48. The summed E-state index contributed by atoms with van der Waals surface area (Å²) in [6.45, 7) is 2.62. The van der Waals surface area contributed by atoms with Gasteiger partial charge in [0.05, 0.1) is 17.7 Å². The number of rotatable bonds is 4. The molecule has 0 unspecified atom stereocenters. The van der Waals surface area contributed by atoms with E-state index in [1.165, 1.54) is 24.1 Å². The van der Waals surface area contributed by atoms with Gasteiger partial charge in [0.2, 0.25) is 0 Å². The Balaban J connectivity index is 1.22. The first-order valence-electron chi connectivity index (χ1n) is 10.8. The van der Waals surface area contributed by atoms with E-state index in [1.54, 1.807) is 29.4 Å². The molecule has 1 aliphatic carbocycles. The van der Waals surface area contributed by atoms with Crippen LogP contribution in [0.2, 0.25) is 0 Å². The Labute approximate surface area is 175 Å². The summed E-state index contributed by atoms with van der Waals surface area (Å²) in [6, 6.07) is 7.60. The number of aromatic nitrogens is 5. The molecule has 0 saturated carbocycles. The molecule has 0 N–H and O–H groups in total. The van der Waals surface area contributed by atoms with Crippen LogP contribution >= 0.6 is 0 Å². The number of anilines is 1. The molecule has 0 aromatic carbocycles. The van der Waals surface area contributed by atoms with Gasteiger partial charge in [-0.15, -0.1) is 5.10 Å². The van der Waals surface area contributed by atoms with Gasteiger partial charge in [-0.25, -0.2) is 4.98 Å². The Morgan fingerprint density at radius 3 is 2.60 bits per heavy atom. The summed E-state index contributed by atoms with van der Waals surface area (Å²) in [5.41, 5.74) is 4.16. The molecule has 7 nitrogen and oxygen atoms in total. The maximum Gasteiger partial charge on any atom is 0.253 e. The minimum absolute atomic E-state index is 0.000189. The lowest BCUT2D eigenvalue weighted by Gasteiger charge is -2.33. The molecule has 5 rings (SSSR count). The lowest BCUT2D eigenvalue weighted by Crippen LogP contribution is -2.37. The van der Waals surface area contributed by atoms with E-state index in [-0.39, 0.29) is 5.56 Å². The molecular weight excluding hydrogens is 376 g/mol. The Bertz CT molecular complexity index is 1070. The minimum atomic E-state index is -0.000189. The topological polar surface area (TPSA) is 76.8 Å². The molecule has 2 aliphatic rings. The zero-order valence-electron chi connectivity index (χ0n) is 17.1. The molecule has 3 aromatic rings. The average molecular weight is 403 g/mol. The molecule has 1 aliphatic heterocycles. The van der Waals surface area contributed by atoms with E-state index in [2.05, 4.69) is 31.1 Å². The van der Waals surface area contributed by atoms with E-state index < -0.39 is 0 Å². The van der Waals surface area contributed by atoms with Crippen LogP contribution in [-0.2, 0) is 19.4 Å².